The Labute approximate surface area is 145 Å². The summed E-state index contributed by atoms with van der Waals surface area (Å²) in [6.07, 6.45) is 8.86. The average Bonchev–Trinajstić information content (AvgIpc) is 2.95. The number of likely N-dealkylation sites (tertiary alicyclic amines) is 1. The van der Waals surface area contributed by atoms with Gasteiger partial charge in [0.2, 0.25) is 5.91 Å². The van der Waals surface area contributed by atoms with Crippen LogP contribution in [0, 0.1) is 0 Å². The minimum atomic E-state index is -0.0112. The van der Waals surface area contributed by atoms with Crippen LogP contribution in [0.25, 0.3) is 0 Å². The molecule has 1 aromatic heterocycles. The molecule has 1 saturated heterocycles. The van der Waals surface area contributed by atoms with E-state index in [1.807, 2.05) is 6.20 Å². The maximum absolute atomic E-state index is 12.6. The Bertz CT molecular complexity index is 587. The van der Waals surface area contributed by atoms with Crippen molar-refractivity contribution in [3.63, 3.8) is 0 Å². The van der Waals surface area contributed by atoms with Crippen LogP contribution in [-0.4, -0.2) is 39.7 Å². The largest absolute Gasteiger partial charge is 0.348 e. The summed E-state index contributed by atoms with van der Waals surface area (Å²) < 4.78 is 2.13. The molecule has 2 heterocycles. The first kappa shape index (κ1) is 17.5. The van der Waals surface area contributed by atoms with Gasteiger partial charge >= 0.3 is 0 Å². The number of aromatic nitrogens is 2. The zero-order valence-corrected chi connectivity index (χ0v) is 15.6. The Hall–Kier alpha value is -1.36. The van der Waals surface area contributed by atoms with Crippen molar-refractivity contribution in [1.29, 1.82) is 0 Å². The van der Waals surface area contributed by atoms with Gasteiger partial charge in [-0.25, -0.2) is 0 Å². The average molecular weight is 332 g/mol. The molecule has 1 aliphatic heterocycles. The smallest absolute Gasteiger partial charge is 0.234 e. The molecule has 24 heavy (non-hydrogen) atoms. The summed E-state index contributed by atoms with van der Waals surface area (Å²) in [4.78, 5) is 14.9. The van der Waals surface area contributed by atoms with Crippen molar-refractivity contribution >= 4 is 5.91 Å². The predicted octanol–water partition coefficient (Wildman–Crippen LogP) is 3.01. The number of hydrogen-bond donors (Lipinski definition) is 1. The minimum Gasteiger partial charge on any atom is -0.348 e. The minimum absolute atomic E-state index is 0.0112. The van der Waals surface area contributed by atoms with Crippen LogP contribution in [0.1, 0.15) is 77.1 Å². The number of rotatable bonds is 3. The topological polar surface area (TPSA) is 50.2 Å². The van der Waals surface area contributed by atoms with Crippen molar-refractivity contribution in [2.24, 2.45) is 0 Å². The van der Waals surface area contributed by atoms with Crippen molar-refractivity contribution in [2.75, 3.05) is 13.1 Å². The molecule has 5 heteroatoms. The molecule has 0 aromatic carbocycles. The molecule has 5 nitrogen and oxygen atoms in total. The van der Waals surface area contributed by atoms with Gasteiger partial charge in [-0.3, -0.25) is 14.4 Å². The third-order valence-corrected chi connectivity index (χ3v) is 5.44. The molecule has 2 aliphatic rings. The second-order valence-electron chi connectivity index (χ2n) is 8.46. The van der Waals surface area contributed by atoms with Gasteiger partial charge in [0, 0.05) is 17.3 Å². The van der Waals surface area contributed by atoms with Gasteiger partial charge in [-0.2, -0.15) is 5.10 Å². The van der Waals surface area contributed by atoms with Crippen molar-refractivity contribution in [2.45, 2.75) is 83.8 Å². The number of piperidine rings is 1. The lowest BCUT2D eigenvalue weighted by Crippen LogP contribution is -2.45. The summed E-state index contributed by atoms with van der Waals surface area (Å²) in [6.45, 7) is 10.4. The molecule has 0 spiro atoms. The van der Waals surface area contributed by atoms with Gasteiger partial charge in [-0.15, -0.1) is 0 Å². The molecule has 1 fully saturated rings. The van der Waals surface area contributed by atoms with E-state index in [0.717, 1.165) is 25.8 Å². The molecule has 3 rings (SSSR count). The second kappa shape index (κ2) is 6.87. The molecule has 2 atom stereocenters. The summed E-state index contributed by atoms with van der Waals surface area (Å²) in [5.41, 5.74) is 2.50. The van der Waals surface area contributed by atoms with Crippen molar-refractivity contribution in [1.82, 2.24) is 20.0 Å². The summed E-state index contributed by atoms with van der Waals surface area (Å²) in [7, 11) is 0. The Morgan fingerprint density at radius 1 is 1.29 bits per heavy atom. The first-order chi connectivity index (χ1) is 11.4. The lowest BCUT2D eigenvalue weighted by molar-refractivity contribution is -0.123. The maximum atomic E-state index is 12.6. The fraction of sp³-hybridized carbons (Fsp3) is 0.789. The van der Waals surface area contributed by atoms with Crippen LogP contribution in [-0.2, 0) is 16.8 Å². The quantitative estimate of drug-likeness (QED) is 0.926. The fourth-order valence-corrected chi connectivity index (χ4v) is 4.10. The van der Waals surface area contributed by atoms with Gasteiger partial charge in [0.25, 0.3) is 0 Å². The molecule has 1 aliphatic carbocycles. The maximum Gasteiger partial charge on any atom is 0.234 e. The standard InChI is InChI=1S/C19H32N4O/c1-14-8-5-6-11-22(14)13-18(24)21-16-9-7-10-17-15(16)12-20-23(17)19(2,3)4/h12,14,16H,5-11,13H2,1-4H3,(H,21,24)/t14-,16+/m0/s1. The van der Waals surface area contributed by atoms with E-state index in [4.69, 9.17) is 0 Å². The molecule has 0 radical (unpaired) electrons. The number of carbonyl (C=O) groups excluding carboxylic acids is 1. The molecule has 0 saturated carbocycles. The van der Waals surface area contributed by atoms with Gasteiger partial charge in [0.15, 0.2) is 0 Å². The Kier molecular flexibility index (Phi) is 5.00. The third-order valence-electron chi connectivity index (χ3n) is 5.44. The highest BCUT2D eigenvalue weighted by Crippen LogP contribution is 2.32. The number of nitrogens with one attached hydrogen (secondary N) is 1. The lowest BCUT2D eigenvalue weighted by Gasteiger charge is -2.33. The summed E-state index contributed by atoms with van der Waals surface area (Å²) in [6, 6.07) is 0.646. The van der Waals surface area contributed by atoms with Gasteiger partial charge in [0.1, 0.15) is 0 Å². The van der Waals surface area contributed by atoms with Crippen LogP contribution < -0.4 is 5.32 Å². The SMILES string of the molecule is C[C@H]1CCCCN1CC(=O)N[C@@H]1CCCc2c1cnn2C(C)(C)C. The first-order valence-corrected chi connectivity index (χ1v) is 9.47. The van der Waals surface area contributed by atoms with Gasteiger partial charge in [-0.05, 0) is 66.3 Å². The number of amides is 1. The highest BCUT2D eigenvalue weighted by Gasteiger charge is 2.29. The van der Waals surface area contributed by atoms with Crippen LogP contribution in [0.3, 0.4) is 0 Å². The monoisotopic (exact) mass is 332 g/mol. The van der Waals surface area contributed by atoms with E-state index in [9.17, 15) is 4.79 Å². The van der Waals surface area contributed by atoms with E-state index in [0.29, 0.717) is 12.6 Å². The number of nitrogens with zero attached hydrogens (tertiary/aromatic N) is 3. The third kappa shape index (κ3) is 3.66. The molecular formula is C19H32N4O. The summed E-state index contributed by atoms with van der Waals surface area (Å²) in [5, 5.41) is 7.88. The lowest BCUT2D eigenvalue weighted by atomic mass is 9.92. The zero-order chi connectivity index (χ0) is 17.3. The highest BCUT2D eigenvalue weighted by atomic mass is 16.2. The summed E-state index contributed by atoms with van der Waals surface area (Å²) in [5.74, 6) is 0.158. The van der Waals surface area contributed by atoms with Crippen LogP contribution in [0.4, 0.5) is 0 Å². The fourth-order valence-electron chi connectivity index (χ4n) is 4.10. The molecule has 1 amide bonds. The van der Waals surface area contributed by atoms with Crippen molar-refractivity contribution < 1.29 is 4.79 Å². The normalized spacial score (nSPS) is 25.3. The highest BCUT2D eigenvalue weighted by molar-refractivity contribution is 5.78. The van der Waals surface area contributed by atoms with Gasteiger partial charge in [0.05, 0.1) is 24.3 Å². The predicted molar refractivity (Wildman–Crippen MR) is 95.9 cm³/mol. The van der Waals surface area contributed by atoms with Gasteiger partial charge < -0.3 is 5.32 Å². The van der Waals surface area contributed by atoms with Crippen molar-refractivity contribution in [3.05, 3.63) is 17.5 Å². The number of fused-ring (bicyclic) bond motifs is 1. The molecule has 0 unspecified atom stereocenters. The van der Waals surface area contributed by atoms with E-state index in [1.54, 1.807) is 0 Å². The van der Waals surface area contributed by atoms with E-state index >= 15 is 0 Å². The molecule has 134 valence electrons. The van der Waals surface area contributed by atoms with E-state index in [2.05, 4.69) is 47.7 Å². The van der Waals surface area contributed by atoms with E-state index in [-0.39, 0.29) is 17.5 Å². The molecular weight excluding hydrogens is 300 g/mol. The second-order valence-corrected chi connectivity index (χ2v) is 8.46. The Morgan fingerprint density at radius 2 is 2.08 bits per heavy atom. The van der Waals surface area contributed by atoms with E-state index < -0.39 is 0 Å². The summed E-state index contributed by atoms with van der Waals surface area (Å²) >= 11 is 0. The zero-order valence-electron chi connectivity index (χ0n) is 15.6. The Balaban J connectivity index is 1.67. The Morgan fingerprint density at radius 3 is 2.79 bits per heavy atom. The van der Waals surface area contributed by atoms with Crippen LogP contribution in [0.2, 0.25) is 0 Å². The van der Waals surface area contributed by atoms with Crippen LogP contribution in [0.15, 0.2) is 6.20 Å². The number of carbonyl (C=O) groups is 1. The van der Waals surface area contributed by atoms with Crippen LogP contribution in [0.5, 0.6) is 0 Å². The molecule has 1 N–H and O–H groups in total. The number of hydrogen-bond acceptors (Lipinski definition) is 3. The van der Waals surface area contributed by atoms with Crippen LogP contribution >= 0.6 is 0 Å². The molecule has 0 bridgehead atoms. The first-order valence-electron chi connectivity index (χ1n) is 9.47. The van der Waals surface area contributed by atoms with Crippen molar-refractivity contribution in [3.8, 4) is 0 Å². The van der Waals surface area contributed by atoms with Gasteiger partial charge in [-0.1, -0.05) is 6.42 Å². The van der Waals surface area contributed by atoms with E-state index in [1.165, 1.54) is 30.5 Å². The molecule has 1 aromatic rings.